The summed E-state index contributed by atoms with van der Waals surface area (Å²) in [5.41, 5.74) is 7.65. The molecule has 1 aromatic carbocycles. The molecule has 0 amide bonds. The minimum Gasteiger partial charge on any atom is -0.380 e. The van der Waals surface area contributed by atoms with Crippen LogP contribution in [0, 0.1) is 5.82 Å². The van der Waals surface area contributed by atoms with E-state index in [0.717, 1.165) is 18.9 Å². The van der Waals surface area contributed by atoms with Crippen molar-refractivity contribution < 1.29 is 9.13 Å². The van der Waals surface area contributed by atoms with Crippen LogP contribution in [-0.2, 0) is 11.3 Å². The van der Waals surface area contributed by atoms with E-state index < -0.39 is 0 Å². The van der Waals surface area contributed by atoms with E-state index in [1.165, 1.54) is 12.1 Å². The second kappa shape index (κ2) is 7.38. The highest BCUT2D eigenvalue weighted by Gasteiger charge is 2.29. The SMILES string of the molecule is COC1CCN(c2nc3ccc(F)cc3n2Cc2ncc(Cl)cn2)C[C@H]1N. The number of hydrogen-bond acceptors (Lipinski definition) is 6. The number of ether oxygens (including phenoxy) is 1. The molecule has 1 fully saturated rings. The van der Waals surface area contributed by atoms with Gasteiger partial charge in [0.15, 0.2) is 0 Å². The molecule has 0 aliphatic carbocycles. The number of methoxy groups -OCH3 is 1. The highest BCUT2D eigenvalue weighted by molar-refractivity contribution is 6.30. The number of piperidine rings is 1. The van der Waals surface area contributed by atoms with E-state index in [9.17, 15) is 4.39 Å². The van der Waals surface area contributed by atoms with Crippen LogP contribution >= 0.6 is 11.6 Å². The monoisotopic (exact) mass is 390 g/mol. The number of aromatic nitrogens is 4. The van der Waals surface area contributed by atoms with Crippen LogP contribution in [0.3, 0.4) is 0 Å². The predicted molar refractivity (Wildman–Crippen MR) is 101 cm³/mol. The van der Waals surface area contributed by atoms with Gasteiger partial charge in [-0.05, 0) is 24.6 Å². The summed E-state index contributed by atoms with van der Waals surface area (Å²) in [6, 6.07) is 4.43. The first-order valence-electron chi connectivity index (χ1n) is 8.70. The number of rotatable bonds is 4. The first-order chi connectivity index (χ1) is 13.0. The van der Waals surface area contributed by atoms with Crippen molar-refractivity contribution in [2.45, 2.75) is 25.1 Å². The third-order valence-electron chi connectivity index (χ3n) is 4.84. The van der Waals surface area contributed by atoms with Gasteiger partial charge in [-0.3, -0.25) is 0 Å². The van der Waals surface area contributed by atoms with Crippen molar-refractivity contribution in [2.24, 2.45) is 5.73 Å². The van der Waals surface area contributed by atoms with Gasteiger partial charge in [0.2, 0.25) is 5.95 Å². The fraction of sp³-hybridized carbons (Fsp3) is 0.389. The lowest BCUT2D eigenvalue weighted by Gasteiger charge is -2.36. The standard InChI is InChI=1S/C18H20ClFN6O/c1-27-16-4-5-25(9-13(16)21)18-24-14-3-2-12(20)6-15(14)26(18)10-17-22-7-11(19)8-23-17/h2-3,6-8,13,16H,4-5,9-10,21H2,1H3/t13-,16?/m1/s1. The van der Waals surface area contributed by atoms with E-state index in [0.29, 0.717) is 35.0 Å². The Bertz CT molecular complexity index is 947. The summed E-state index contributed by atoms with van der Waals surface area (Å²) in [7, 11) is 1.68. The number of nitrogens with zero attached hydrogens (tertiary/aromatic N) is 5. The molecule has 2 N–H and O–H groups in total. The Morgan fingerprint density at radius 2 is 2.11 bits per heavy atom. The van der Waals surface area contributed by atoms with Crippen LogP contribution in [-0.4, -0.2) is 51.9 Å². The van der Waals surface area contributed by atoms with Crippen LogP contribution in [0.2, 0.25) is 5.02 Å². The molecule has 3 heterocycles. The highest BCUT2D eigenvalue weighted by atomic mass is 35.5. The number of benzene rings is 1. The first-order valence-corrected chi connectivity index (χ1v) is 9.08. The molecule has 2 atom stereocenters. The molecule has 0 bridgehead atoms. The molecule has 1 unspecified atom stereocenters. The maximum atomic E-state index is 13.9. The summed E-state index contributed by atoms with van der Waals surface area (Å²) >= 11 is 5.88. The Hall–Kier alpha value is -2.29. The van der Waals surface area contributed by atoms with Gasteiger partial charge in [-0.2, -0.15) is 0 Å². The average molecular weight is 391 g/mol. The van der Waals surface area contributed by atoms with Crippen molar-refractivity contribution >= 4 is 28.6 Å². The molecule has 0 radical (unpaired) electrons. The maximum absolute atomic E-state index is 13.9. The summed E-state index contributed by atoms with van der Waals surface area (Å²) in [6.45, 7) is 1.71. The van der Waals surface area contributed by atoms with Gasteiger partial charge in [-0.15, -0.1) is 0 Å². The van der Waals surface area contributed by atoms with Gasteiger partial charge in [0.1, 0.15) is 11.6 Å². The lowest BCUT2D eigenvalue weighted by Crippen LogP contribution is -2.52. The molecule has 7 nitrogen and oxygen atoms in total. The van der Waals surface area contributed by atoms with Gasteiger partial charge < -0.3 is 19.9 Å². The Morgan fingerprint density at radius 3 is 2.81 bits per heavy atom. The molecule has 27 heavy (non-hydrogen) atoms. The van der Waals surface area contributed by atoms with Crippen molar-refractivity contribution in [3.05, 3.63) is 47.3 Å². The Kier molecular flexibility index (Phi) is 4.94. The number of hydrogen-bond donors (Lipinski definition) is 1. The number of halogens is 2. The molecule has 3 aromatic rings. The van der Waals surface area contributed by atoms with Gasteiger partial charge >= 0.3 is 0 Å². The summed E-state index contributed by atoms with van der Waals surface area (Å²) in [6.07, 6.45) is 3.91. The molecule has 2 aromatic heterocycles. The zero-order chi connectivity index (χ0) is 19.0. The zero-order valence-corrected chi connectivity index (χ0v) is 15.6. The summed E-state index contributed by atoms with van der Waals surface area (Å²) in [5, 5.41) is 0.466. The number of imidazole rings is 1. The van der Waals surface area contributed by atoms with Crippen LogP contribution in [0.1, 0.15) is 12.2 Å². The lowest BCUT2D eigenvalue weighted by molar-refractivity contribution is 0.0661. The van der Waals surface area contributed by atoms with Crippen molar-refractivity contribution in [3.8, 4) is 0 Å². The smallest absolute Gasteiger partial charge is 0.207 e. The Labute approximate surface area is 160 Å². The summed E-state index contributed by atoms with van der Waals surface area (Å²) in [4.78, 5) is 15.3. The fourth-order valence-electron chi connectivity index (χ4n) is 3.48. The number of fused-ring (bicyclic) bond motifs is 1. The van der Waals surface area contributed by atoms with Crippen molar-refractivity contribution in [2.75, 3.05) is 25.1 Å². The van der Waals surface area contributed by atoms with E-state index in [2.05, 4.69) is 14.9 Å². The molecule has 1 saturated heterocycles. The third-order valence-corrected chi connectivity index (χ3v) is 5.04. The van der Waals surface area contributed by atoms with Gasteiger partial charge in [-0.1, -0.05) is 11.6 Å². The third kappa shape index (κ3) is 3.60. The van der Waals surface area contributed by atoms with E-state index >= 15 is 0 Å². The van der Waals surface area contributed by atoms with Crippen LogP contribution in [0.5, 0.6) is 0 Å². The van der Waals surface area contributed by atoms with Crippen LogP contribution in [0.25, 0.3) is 11.0 Å². The van der Waals surface area contributed by atoms with E-state index in [-0.39, 0.29) is 18.0 Å². The van der Waals surface area contributed by atoms with E-state index in [1.807, 2.05) is 4.57 Å². The largest absolute Gasteiger partial charge is 0.380 e. The van der Waals surface area contributed by atoms with Crippen molar-refractivity contribution in [1.82, 2.24) is 19.5 Å². The van der Waals surface area contributed by atoms with Crippen LogP contribution in [0.4, 0.5) is 10.3 Å². The molecule has 4 rings (SSSR count). The minimum atomic E-state index is -0.318. The molecule has 9 heteroatoms. The minimum absolute atomic E-state index is 0.0242. The number of anilines is 1. The van der Waals surface area contributed by atoms with Crippen LogP contribution in [0.15, 0.2) is 30.6 Å². The maximum Gasteiger partial charge on any atom is 0.207 e. The zero-order valence-electron chi connectivity index (χ0n) is 14.8. The number of nitrogens with two attached hydrogens (primary N) is 1. The van der Waals surface area contributed by atoms with Crippen molar-refractivity contribution in [1.29, 1.82) is 0 Å². The predicted octanol–water partition coefficient (Wildman–Crippen LogP) is 2.22. The summed E-state index contributed by atoms with van der Waals surface area (Å²) < 4.78 is 21.2. The van der Waals surface area contributed by atoms with Gasteiger partial charge in [0.05, 0.1) is 28.7 Å². The van der Waals surface area contributed by atoms with E-state index in [4.69, 9.17) is 27.1 Å². The van der Waals surface area contributed by atoms with Gasteiger partial charge in [0, 0.05) is 38.6 Å². The van der Waals surface area contributed by atoms with Crippen molar-refractivity contribution in [3.63, 3.8) is 0 Å². The molecular formula is C18H20ClFN6O. The van der Waals surface area contributed by atoms with Crippen LogP contribution < -0.4 is 10.6 Å². The lowest BCUT2D eigenvalue weighted by atomic mass is 10.0. The molecule has 0 saturated carbocycles. The molecule has 1 aliphatic rings. The Balaban J connectivity index is 1.74. The first kappa shape index (κ1) is 18.1. The topological polar surface area (TPSA) is 82.1 Å². The van der Waals surface area contributed by atoms with Gasteiger partial charge in [0.25, 0.3) is 0 Å². The Morgan fingerprint density at radius 1 is 1.33 bits per heavy atom. The second-order valence-corrected chi connectivity index (χ2v) is 7.06. The highest BCUT2D eigenvalue weighted by Crippen LogP contribution is 2.27. The molecule has 0 spiro atoms. The molecular weight excluding hydrogens is 371 g/mol. The quantitative estimate of drug-likeness (QED) is 0.735. The van der Waals surface area contributed by atoms with Gasteiger partial charge in [-0.25, -0.2) is 19.3 Å². The van der Waals surface area contributed by atoms with E-state index in [1.54, 1.807) is 25.6 Å². The summed E-state index contributed by atoms with van der Waals surface area (Å²) in [5.74, 6) is 0.974. The normalized spacial score (nSPS) is 20.4. The molecule has 142 valence electrons. The fourth-order valence-corrected chi connectivity index (χ4v) is 3.57. The molecule has 1 aliphatic heterocycles. The average Bonchev–Trinajstić information content (AvgIpc) is 3.01. The second-order valence-electron chi connectivity index (χ2n) is 6.62.